The third kappa shape index (κ3) is 1.60. The minimum atomic E-state index is 0.895. The van der Waals surface area contributed by atoms with Crippen molar-refractivity contribution in [1.82, 2.24) is 14.6 Å². The Morgan fingerprint density at radius 3 is 2.47 bits per heavy atom. The average Bonchev–Trinajstić information content (AvgIpc) is 2.65. The molecule has 0 atom stereocenters. The van der Waals surface area contributed by atoms with E-state index in [1.807, 2.05) is 48.7 Å². The molecule has 1 aromatic carbocycles. The second kappa shape index (κ2) is 3.70. The van der Waals surface area contributed by atoms with Gasteiger partial charge < -0.3 is 0 Å². The molecular formula is C14H13N3. The van der Waals surface area contributed by atoms with Crippen molar-refractivity contribution in [2.45, 2.75) is 13.8 Å². The van der Waals surface area contributed by atoms with Crippen molar-refractivity contribution in [2.75, 3.05) is 0 Å². The first-order chi connectivity index (χ1) is 8.25. The van der Waals surface area contributed by atoms with Crippen LogP contribution in [0.1, 0.15) is 11.4 Å². The Kier molecular flexibility index (Phi) is 2.18. The number of rotatable bonds is 1. The molecule has 0 aliphatic carbocycles. The third-order valence-electron chi connectivity index (χ3n) is 2.83. The summed E-state index contributed by atoms with van der Waals surface area (Å²) in [5, 5.41) is 4.53. The lowest BCUT2D eigenvalue weighted by molar-refractivity contribution is 0.906. The molecule has 0 saturated heterocycles. The van der Waals surface area contributed by atoms with Gasteiger partial charge in [0.2, 0.25) is 0 Å². The predicted octanol–water partition coefficient (Wildman–Crippen LogP) is 3.01. The Labute approximate surface area is 99.7 Å². The molecule has 0 unspecified atom stereocenters. The normalized spacial score (nSPS) is 10.9. The molecule has 84 valence electrons. The van der Waals surface area contributed by atoms with Crippen LogP contribution in [-0.4, -0.2) is 14.6 Å². The highest BCUT2D eigenvalue weighted by Gasteiger charge is 2.11. The number of hydrogen-bond donors (Lipinski definition) is 0. The smallest absolute Gasteiger partial charge is 0.154 e. The van der Waals surface area contributed by atoms with Gasteiger partial charge in [0.1, 0.15) is 0 Å². The molecule has 0 bridgehead atoms. The fourth-order valence-electron chi connectivity index (χ4n) is 2.06. The summed E-state index contributed by atoms with van der Waals surface area (Å²) >= 11 is 0. The molecule has 0 N–H and O–H groups in total. The molecule has 0 radical (unpaired) electrons. The average molecular weight is 223 g/mol. The predicted molar refractivity (Wildman–Crippen MR) is 67.9 cm³/mol. The lowest BCUT2D eigenvalue weighted by Crippen LogP contribution is -1.96. The number of fused-ring (bicyclic) bond motifs is 1. The molecule has 2 heterocycles. The van der Waals surface area contributed by atoms with Gasteiger partial charge in [0.05, 0.1) is 17.1 Å². The van der Waals surface area contributed by atoms with Gasteiger partial charge >= 0.3 is 0 Å². The van der Waals surface area contributed by atoms with E-state index in [-0.39, 0.29) is 0 Å². The van der Waals surface area contributed by atoms with Crippen molar-refractivity contribution >= 4 is 5.65 Å². The molecule has 2 aromatic heterocycles. The van der Waals surface area contributed by atoms with Crippen LogP contribution in [0.15, 0.2) is 42.5 Å². The van der Waals surface area contributed by atoms with Crippen LogP contribution in [0.5, 0.6) is 0 Å². The summed E-state index contributed by atoms with van der Waals surface area (Å²) in [6.07, 6.45) is 0. The Bertz CT molecular complexity index is 669. The van der Waals surface area contributed by atoms with Crippen molar-refractivity contribution in [3.8, 4) is 11.3 Å². The Morgan fingerprint density at radius 2 is 1.71 bits per heavy atom. The second-order valence-corrected chi connectivity index (χ2v) is 4.16. The standard InChI is InChI=1S/C14H13N3/c1-10-8-9-13-15-11(2)14(17(13)16-10)12-6-4-3-5-7-12/h3-9H,1-2H3. The Hall–Kier alpha value is -2.16. The van der Waals surface area contributed by atoms with Gasteiger partial charge in [0.15, 0.2) is 5.65 Å². The first kappa shape index (κ1) is 10.0. The van der Waals surface area contributed by atoms with Crippen molar-refractivity contribution < 1.29 is 0 Å². The van der Waals surface area contributed by atoms with E-state index in [1.165, 1.54) is 0 Å². The highest BCUT2D eigenvalue weighted by molar-refractivity contribution is 5.66. The van der Waals surface area contributed by atoms with Crippen LogP contribution in [0, 0.1) is 13.8 Å². The molecule has 0 spiro atoms. The SMILES string of the molecule is Cc1ccc2nc(C)c(-c3ccccc3)n2n1. The van der Waals surface area contributed by atoms with Crippen LogP contribution in [0.25, 0.3) is 16.9 Å². The van der Waals surface area contributed by atoms with Crippen molar-refractivity contribution in [1.29, 1.82) is 0 Å². The van der Waals surface area contributed by atoms with E-state index >= 15 is 0 Å². The molecule has 3 nitrogen and oxygen atoms in total. The zero-order chi connectivity index (χ0) is 11.8. The number of aromatic nitrogens is 3. The molecule has 0 fully saturated rings. The van der Waals surface area contributed by atoms with Crippen molar-refractivity contribution in [3.05, 3.63) is 53.9 Å². The maximum atomic E-state index is 4.53. The van der Waals surface area contributed by atoms with Crippen LogP contribution in [0.3, 0.4) is 0 Å². The largest absolute Gasteiger partial charge is 0.232 e. The van der Waals surface area contributed by atoms with Gasteiger partial charge in [-0.3, -0.25) is 0 Å². The molecule has 0 saturated carbocycles. The van der Waals surface area contributed by atoms with Gasteiger partial charge in [-0.25, -0.2) is 9.50 Å². The number of benzene rings is 1. The molecule has 3 aromatic rings. The van der Waals surface area contributed by atoms with Gasteiger partial charge in [0.25, 0.3) is 0 Å². The quantitative estimate of drug-likeness (QED) is 0.634. The van der Waals surface area contributed by atoms with E-state index in [0.717, 1.165) is 28.3 Å². The molecule has 0 aliphatic heterocycles. The summed E-state index contributed by atoms with van der Waals surface area (Å²) in [7, 11) is 0. The monoisotopic (exact) mass is 223 g/mol. The summed E-state index contributed by atoms with van der Waals surface area (Å²) in [4.78, 5) is 4.53. The van der Waals surface area contributed by atoms with E-state index in [4.69, 9.17) is 0 Å². The van der Waals surface area contributed by atoms with Crippen LogP contribution in [0.4, 0.5) is 0 Å². The van der Waals surface area contributed by atoms with E-state index in [9.17, 15) is 0 Å². The highest BCUT2D eigenvalue weighted by Crippen LogP contribution is 2.23. The number of hydrogen-bond acceptors (Lipinski definition) is 2. The Morgan fingerprint density at radius 1 is 0.941 bits per heavy atom. The lowest BCUT2D eigenvalue weighted by atomic mass is 10.1. The van der Waals surface area contributed by atoms with E-state index in [1.54, 1.807) is 0 Å². The van der Waals surface area contributed by atoms with Gasteiger partial charge in [-0.15, -0.1) is 0 Å². The first-order valence-electron chi connectivity index (χ1n) is 5.64. The zero-order valence-corrected chi connectivity index (χ0v) is 9.88. The van der Waals surface area contributed by atoms with Gasteiger partial charge in [-0.2, -0.15) is 5.10 Å². The van der Waals surface area contributed by atoms with Crippen LogP contribution in [-0.2, 0) is 0 Å². The molecular weight excluding hydrogens is 210 g/mol. The van der Waals surface area contributed by atoms with E-state index in [0.29, 0.717) is 0 Å². The summed E-state index contributed by atoms with van der Waals surface area (Å²) in [6, 6.07) is 14.2. The van der Waals surface area contributed by atoms with Crippen LogP contribution < -0.4 is 0 Å². The topological polar surface area (TPSA) is 30.2 Å². The minimum Gasteiger partial charge on any atom is -0.232 e. The molecule has 3 rings (SSSR count). The number of imidazole rings is 1. The summed E-state index contributed by atoms with van der Waals surface area (Å²) < 4.78 is 1.92. The van der Waals surface area contributed by atoms with Gasteiger partial charge in [-0.1, -0.05) is 30.3 Å². The molecule has 0 amide bonds. The summed E-state index contributed by atoms with van der Waals surface area (Å²) in [5.74, 6) is 0. The number of aryl methyl sites for hydroxylation is 2. The maximum Gasteiger partial charge on any atom is 0.154 e. The Balaban J connectivity index is 2.35. The van der Waals surface area contributed by atoms with Crippen molar-refractivity contribution in [2.24, 2.45) is 0 Å². The fourth-order valence-corrected chi connectivity index (χ4v) is 2.06. The fraction of sp³-hybridized carbons (Fsp3) is 0.143. The zero-order valence-electron chi connectivity index (χ0n) is 9.88. The molecule has 0 aliphatic rings. The van der Waals surface area contributed by atoms with Crippen LogP contribution >= 0.6 is 0 Å². The summed E-state index contributed by atoms with van der Waals surface area (Å²) in [6.45, 7) is 4.01. The van der Waals surface area contributed by atoms with E-state index < -0.39 is 0 Å². The van der Waals surface area contributed by atoms with E-state index in [2.05, 4.69) is 22.2 Å². The highest BCUT2D eigenvalue weighted by atomic mass is 15.3. The maximum absolute atomic E-state index is 4.53. The molecule has 3 heteroatoms. The van der Waals surface area contributed by atoms with Gasteiger partial charge in [0, 0.05) is 5.56 Å². The third-order valence-corrected chi connectivity index (χ3v) is 2.83. The van der Waals surface area contributed by atoms with Crippen molar-refractivity contribution in [3.63, 3.8) is 0 Å². The molecule has 17 heavy (non-hydrogen) atoms. The lowest BCUT2D eigenvalue weighted by Gasteiger charge is -2.02. The second-order valence-electron chi connectivity index (χ2n) is 4.16. The van der Waals surface area contributed by atoms with Gasteiger partial charge in [-0.05, 0) is 26.0 Å². The summed E-state index contributed by atoms with van der Waals surface area (Å²) in [5.41, 5.74) is 5.12. The number of nitrogens with zero attached hydrogens (tertiary/aromatic N) is 3. The first-order valence-corrected chi connectivity index (χ1v) is 5.64. The van der Waals surface area contributed by atoms with Crippen LogP contribution in [0.2, 0.25) is 0 Å². The minimum absolute atomic E-state index is 0.895.